The van der Waals surface area contributed by atoms with E-state index in [-0.39, 0.29) is 30.8 Å². The second-order valence-electron chi connectivity index (χ2n) is 16.6. The molecule has 0 heterocycles. The Morgan fingerprint density at radius 2 is 0.912 bits per heavy atom. The minimum atomic E-state index is 0.00666. The molecule has 0 spiro atoms. The van der Waals surface area contributed by atoms with Crippen LogP contribution in [0, 0.1) is 0 Å². The SMILES string of the molecule is CCCCCCCC(=O)OC(CCCC)CSCCCCCCCC(CCCCCCCSCC(CCCC)OC(=O)CCCCCCC)N(C)CCOCCO. The van der Waals surface area contributed by atoms with Gasteiger partial charge in [-0.1, -0.05) is 156 Å². The molecule has 0 aliphatic rings. The molecule has 0 radical (unpaired) electrons. The summed E-state index contributed by atoms with van der Waals surface area (Å²) in [5.41, 5.74) is 0. The smallest absolute Gasteiger partial charge is 0.306 e. The molecule has 0 bridgehead atoms. The molecule has 2 atom stereocenters. The second-order valence-corrected chi connectivity index (χ2v) is 18.9. The standard InChI is InChI=1S/C48H95NO6S2/c1-6-10-14-18-26-34-47(51)54-45(32-12-8-3)42-56-40-28-22-16-20-24-30-44(49(5)36-38-53-39-37-50)31-25-21-17-23-29-41-57-43-46(33-13-9-4)55-48(52)35-27-19-15-11-7-2/h44-46,50H,6-43H2,1-5H3. The fraction of sp³-hybridized carbons (Fsp3) is 0.958. The Morgan fingerprint density at radius 3 is 1.35 bits per heavy atom. The number of rotatable bonds is 46. The van der Waals surface area contributed by atoms with Crippen molar-refractivity contribution in [2.45, 2.75) is 239 Å². The molecule has 0 aliphatic carbocycles. The summed E-state index contributed by atoms with van der Waals surface area (Å²) in [5.74, 6) is 4.20. The van der Waals surface area contributed by atoms with Crippen LogP contribution >= 0.6 is 23.5 Å². The predicted octanol–water partition coefficient (Wildman–Crippen LogP) is 13.4. The summed E-state index contributed by atoms with van der Waals surface area (Å²) < 4.78 is 17.4. The lowest BCUT2D eigenvalue weighted by molar-refractivity contribution is -0.149. The van der Waals surface area contributed by atoms with Crippen LogP contribution in [0.4, 0.5) is 0 Å². The first-order valence-corrected chi connectivity index (χ1v) is 26.7. The van der Waals surface area contributed by atoms with Crippen molar-refractivity contribution in [2.75, 3.05) is 56.4 Å². The van der Waals surface area contributed by atoms with Crippen molar-refractivity contribution in [1.29, 1.82) is 0 Å². The van der Waals surface area contributed by atoms with Gasteiger partial charge in [0.05, 0.1) is 19.8 Å². The normalized spacial score (nSPS) is 13.2. The molecule has 0 saturated carbocycles. The van der Waals surface area contributed by atoms with Crippen LogP contribution in [0.15, 0.2) is 0 Å². The fourth-order valence-electron chi connectivity index (χ4n) is 7.25. The highest BCUT2D eigenvalue weighted by Crippen LogP contribution is 2.21. The third-order valence-electron chi connectivity index (χ3n) is 11.0. The first-order valence-electron chi connectivity index (χ1n) is 24.3. The Morgan fingerprint density at radius 1 is 0.509 bits per heavy atom. The Hall–Kier alpha value is -0.480. The zero-order chi connectivity index (χ0) is 41.9. The third kappa shape index (κ3) is 39.4. The van der Waals surface area contributed by atoms with E-state index >= 15 is 0 Å². The van der Waals surface area contributed by atoms with E-state index in [0.717, 1.165) is 93.8 Å². The molecule has 7 nitrogen and oxygen atoms in total. The number of likely N-dealkylation sites (N-methyl/N-ethyl adjacent to an activating group) is 1. The Bertz CT molecular complexity index is 794. The largest absolute Gasteiger partial charge is 0.461 e. The highest BCUT2D eigenvalue weighted by atomic mass is 32.2. The number of aliphatic hydroxyl groups is 1. The van der Waals surface area contributed by atoms with Crippen LogP contribution in [-0.4, -0.2) is 96.6 Å². The van der Waals surface area contributed by atoms with Gasteiger partial charge in [-0.05, 0) is 69.9 Å². The molecular formula is C48H95NO6S2. The van der Waals surface area contributed by atoms with Crippen molar-refractivity contribution in [2.24, 2.45) is 0 Å². The topological polar surface area (TPSA) is 85.3 Å². The number of hydrogen-bond donors (Lipinski definition) is 1. The van der Waals surface area contributed by atoms with Gasteiger partial charge in [0, 0.05) is 36.9 Å². The number of thioether (sulfide) groups is 2. The molecule has 0 rings (SSSR count). The first kappa shape index (κ1) is 56.5. The summed E-state index contributed by atoms with van der Waals surface area (Å²) in [6, 6.07) is 0.590. The van der Waals surface area contributed by atoms with Crippen molar-refractivity contribution in [3.63, 3.8) is 0 Å². The molecule has 9 heteroatoms. The lowest BCUT2D eigenvalue weighted by Gasteiger charge is -2.28. The average molecular weight is 846 g/mol. The van der Waals surface area contributed by atoms with Crippen molar-refractivity contribution in [1.82, 2.24) is 4.90 Å². The molecule has 0 aliphatic heterocycles. The van der Waals surface area contributed by atoms with Crippen molar-refractivity contribution < 1.29 is 28.9 Å². The van der Waals surface area contributed by atoms with E-state index in [0.29, 0.717) is 32.1 Å². The van der Waals surface area contributed by atoms with Crippen LogP contribution in [0.25, 0.3) is 0 Å². The molecule has 340 valence electrons. The van der Waals surface area contributed by atoms with E-state index in [9.17, 15) is 9.59 Å². The van der Waals surface area contributed by atoms with Crippen molar-refractivity contribution in [3.05, 3.63) is 0 Å². The van der Waals surface area contributed by atoms with Gasteiger partial charge in [0.2, 0.25) is 0 Å². The number of carbonyl (C=O) groups is 2. The fourth-order valence-corrected chi connectivity index (χ4v) is 9.40. The van der Waals surface area contributed by atoms with Gasteiger partial charge in [-0.3, -0.25) is 9.59 Å². The van der Waals surface area contributed by atoms with Crippen LogP contribution in [-0.2, 0) is 23.8 Å². The minimum Gasteiger partial charge on any atom is -0.461 e. The zero-order valence-electron chi connectivity index (χ0n) is 38.4. The molecule has 0 saturated heterocycles. The number of ether oxygens (including phenoxy) is 3. The van der Waals surface area contributed by atoms with Gasteiger partial charge < -0.3 is 24.2 Å². The van der Waals surface area contributed by atoms with E-state index in [4.69, 9.17) is 19.3 Å². The summed E-state index contributed by atoms with van der Waals surface area (Å²) in [5, 5.41) is 9.10. The number of esters is 2. The molecule has 0 aromatic heterocycles. The van der Waals surface area contributed by atoms with Gasteiger partial charge in [0.15, 0.2) is 0 Å². The van der Waals surface area contributed by atoms with Gasteiger partial charge in [0.25, 0.3) is 0 Å². The summed E-state index contributed by atoms with van der Waals surface area (Å²) in [4.78, 5) is 27.3. The lowest BCUT2D eigenvalue weighted by atomic mass is 9.99. The Kier molecular flexibility index (Phi) is 44.7. The maximum atomic E-state index is 12.4. The summed E-state index contributed by atoms with van der Waals surface area (Å²) in [6.45, 7) is 11.0. The highest BCUT2D eigenvalue weighted by molar-refractivity contribution is 7.99. The van der Waals surface area contributed by atoms with Crippen LogP contribution in [0.1, 0.15) is 220 Å². The molecule has 0 aromatic carbocycles. The highest BCUT2D eigenvalue weighted by Gasteiger charge is 2.17. The van der Waals surface area contributed by atoms with E-state index in [2.05, 4.69) is 39.6 Å². The van der Waals surface area contributed by atoms with Gasteiger partial charge in [-0.25, -0.2) is 0 Å². The van der Waals surface area contributed by atoms with Crippen LogP contribution in [0.5, 0.6) is 0 Å². The van der Waals surface area contributed by atoms with Crippen molar-refractivity contribution in [3.8, 4) is 0 Å². The first-order chi connectivity index (χ1) is 27.9. The monoisotopic (exact) mass is 846 g/mol. The number of nitrogens with zero attached hydrogens (tertiary/aromatic N) is 1. The third-order valence-corrected chi connectivity index (χ3v) is 13.4. The molecule has 0 fully saturated rings. The number of hydrogen-bond acceptors (Lipinski definition) is 9. The summed E-state index contributed by atoms with van der Waals surface area (Å²) >= 11 is 3.94. The van der Waals surface area contributed by atoms with E-state index in [1.54, 1.807) is 0 Å². The maximum absolute atomic E-state index is 12.4. The molecule has 57 heavy (non-hydrogen) atoms. The van der Waals surface area contributed by atoms with Gasteiger partial charge in [-0.15, -0.1) is 0 Å². The number of aliphatic hydroxyl groups excluding tert-OH is 1. The Labute approximate surface area is 362 Å². The van der Waals surface area contributed by atoms with Crippen LogP contribution < -0.4 is 0 Å². The quantitative estimate of drug-likeness (QED) is 0.0475. The van der Waals surface area contributed by atoms with Gasteiger partial charge in [-0.2, -0.15) is 23.5 Å². The van der Waals surface area contributed by atoms with Gasteiger partial charge in [0.1, 0.15) is 12.2 Å². The predicted molar refractivity (Wildman–Crippen MR) is 250 cm³/mol. The zero-order valence-corrected chi connectivity index (χ0v) is 40.0. The minimum absolute atomic E-state index is 0.00666. The number of unbranched alkanes of at least 4 members (excludes halogenated alkanes) is 18. The average Bonchev–Trinajstić information content (AvgIpc) is 3.20. The molecule has 1 N–H and O–H groups in total. The molecule has 0 amide bonds. The molecule has 0 aromatic rings. The van der Waals surface area contributed by atoms with Gasteiger partial charge >= 0.3 is 11.9 Å². The van der Waals surface area contributed by atoms with E-state index in [1.165, 1.54) is 116 Å². The lowest BCUT2D eigenvalue weighted by Crippen LogP contribution is -2.34. The van der Waals surface area contributed by atoms with E-state index in [1.807, 2.05) is 23.5 Å². The second kappa shape index (κ2) is 45.1. The Balaban J connectivity index is 4.34. The van der Waals surface area contributed by atoms with Crippen molar-refractivity contribution >= 4 is 35.5 Å². The molecular weight excluding hydrogens is 751 g/mol. The van der Waals surface area contributed by atoms with Crippen LogP contribution in [0.2, 0.25) is 0 Å². The molecule has 2 unspecified atom stereocenters. The maximum Gasteiger partial charge on any atom is 0.306 e. The summed E-state index contributed by atoms with van der Waals surface area (Å²) in [6.07, 6.45) is 34.7. The summed E-state index contributed by atoms with van der Waals surface area (Å²) in [7, 11) is 2.25. The van der Waals surface area contributed by atoms with E-state index < -0.39 is 0 Å². The van der Waals surface area contributed by atoms with Crippen LogP contribution in [0.3, 0.4) is 0 Å². The number of carbonyl (C=O) groups excluding carboxylic acids is 2.